The molecule has 0 heterocycles. The summed E-state index contributed by atoms with van der Waals surface area (Å²) in [4.78, 5) is 0. The Hall–Kier alpha value is -0.440. The fraction of sp³-hybridized carbons (Fsp3) is 0.538. The smallest absolute Gasteiger partial charge is 0.322 e. The van der Waals surface area contributed by atoms with Crippen molar-refractivity contribution in [2.24, 2.45) is 0 Å². The Labute approximate surface area is 120 Å². The molecule has 0 radical (unpaired) electrons. The highest BCUT2D eigenvalue weighted by Crippen LogP contribution is 2.54. The van der Waals surface area contributed by atoms with Crippen LogP contribution in [0, 0.1) is 0 Å². The van der Waals surface area contributed by atoms with Gasteiger partial charge >= 0.3 is 7.60 Å². The summed E-state index contributed by atoms with van der Waals surface area (Å²) in [5.41, 5.74) is 0. The lowest BCUT2D eigenvalue weighted by atomic mass is 10.4. The molecule has 0 saturated carbocycles. The van der Waals surface area contributed by atoms with Gasteiger partial charge in [0, 0.05) is 25.7 Å². The Bertz CT molecular complexity index is 493. The van der Waals surface area contributed by atoms with E-state index >= 15 is 0 Å². The van der Waals surface area contributed by atoms with Crippen LogP contribution in [0.15, 0.2) is 30.3 Å². The lowest BCUT2D eigenvalue weighted by Gasteiger charge is -2.23. The molecule has 0 fully saturated rings. The summed E-state index contributed by atoms with van der Waals surface area (Å²) in [5, 5.41) is 0.618. The van der Waals surface area contributed by atoms with Crippen molar-refractivity contribution in [3.8, 4) is 0 Å². The third-order valence-electron chi connectivity index (χ3n) is 2.76. The number of benzene rings is 1. The first kappa shape index (κ1) is 17.6. The fourth-order valence-electron chi connectivity index (χ4n) is 1.75. The summed E-state index contributed by atoms with van der Waals surface area (Å²) in [5.74, 6) is 0. The molecule has 1 aromatic carbocycles. The van der Waals surface area contributed by atoms with Crippen molar-refractivity contribution in [3.63, 3.8) is 0 Å². The van der Waals surface area contributed by atoms with E-state index in [2.05, 4.69) is 0 Å². The lowest BCUT2D eigenvalue weighted by molar-refractivity contribution is 0.247. The van der Waals surface area contributed by atoms with Crippen LogP contribution in [-0.4, -0.2) is 32.6 Å². The van der Waals surface area contributed by atoms with E-state index in [9.17, 15) is 9.13 Å². The van der Waals surface area contributed by atoms with Crippen LogP contribution in [0.25, 0.3) is 0 Å². The maximum atomic E-state index is 13.0. The SMILES string of the molecule is COP(=O)(CCP(=O)(OC(C)C)c1ccccc1)OC. The van der Waals surface area contributed by atoms with Crippen molar-refractivity contribution < 1.29 is 22.7 Å². The van der Waals surface area contributed by atoms with Crippen LogP contribution >= 0.6 is 15.0 Å². The minimum atomic E-state index is -3.19. The van der Waals surface area contributed by atoms with Gasteiger partial charge in [-0.05, 0) is 26.0 Å². The molecular formula is C13H22O5P2. The molecule has 0 aliphatic rings. The number of hydrogen-bond donors (Lipinski definition) is 0. The van der Waals surface area contributed by atoms with Crippen molar-refractivity contribution in [3.05, 3.63) is 30.3 Å². The van der Waals surface area contributed by atoms with Gasteiger partial charge in [0.25, 0.3) is 0 Å². The second-order valence-electron chi connectivity index (χ2n) is 4.59. The van der Waals surface area contributed by atoms with Crippen molar-refractivity contribution in [1.29, 1.82) is 0 Å². The minimum absolute atomic E-state index is 0.0545. The van der Waals surface area contributed by atoms with E-state index in [0.29, 0.717) is 5.30 Å². The highest BCUT2D eigenvalue weighted by atomic mass is 31.2. The molecule has 0 N–H and O–H groups in total. The van der Waals surface area contributed by atoms with Gasteiger partial charge in [0.1, 0.15) is 0 Å². The largest absolute Gasteiger partial charge is 0.330 e. The first-order valence-electron chi connectivity index (χ1n) is 6.39. The standard InChI is InChI=1S/C13H22O5P2/c1-12(2)18-19(14,13-8-6-5-7-9-13)10-11-20(15,16-3)17-4/h5-9,12H,10-11H2,1-4H3. The van der Waals surface area contributed by atoms with E-state index in [0.717, 1.165) is 0 Å². The Morgan fingerprint density at radius 3 is 2.00 bits per heavy atom. The summed E-state index contributed by atoms with van der Waals surface area (Å²) in [6.07, 6.45) is -0.0157. The topological polar surface area (TPSA) is 61.8 Å². The van der Waals surface area contributed by atoms with Gasteiger partial charge in [0.05, 0.1) is 12.3 Å². The van der Waals surface area contributed by atoms with Crippen LogP contribution in [0.4, 0.5) is 0 Å². The van der Waals surface area contributed by atoms with Crippen molar-refractivity contribution in [2.75, 3.05) is 26.5 Å². The Morgan fingerprint density at radius 2 is 1.55 bits per heavy atom. The first-order valence-corrected chi connectivity index (χ1v) is 9.92. The van der Waals surface area contributed by atoms with E-state index < -0.39 is 15.0 Å². The van der Waals surface area contributed by atoms with E-state index in [4.69, 9.17) is 13.6 Å². The molecule has 1 unspecified atom stereocenters. The quantitative estimate of drug-likeness (QED) is 0.686. The molecule has 0 amide bonds. The molecule has 1 rings (SSSR count). The van der Waals surface area contributed by atoms with Gasteiger partial charge in [-0.2, -0.15) is 0 Å². The van der Waals surface area contributed by atoms with Gasteiger partial charge in [0.15, 0.2) is 0 Å². The zero-order chi connectivity index (χ0) is 15.2. The summed E-state index contributed by atoms with van der Waals surface area (Å²) in [6.45, 7) is 3.64. The zero-order valence-electron chi connectivity index (χ0n) is 12.3. The van der Waals surface area contributed by atoms with Gasteiger partial charge in [-0.3, -0.25) is 9.13 Å². The highest BCUT2D eigenvalue weighted by Gasteiger charge is 2.32. The second kappa shape index (κ2) is 7.53. The molecule has 1 atom stereocenters. The number of rotatable bonds is 8. The summed E-state index contributed by atoms with van der Waals surface area (Å²) >= 11 is 0. The molecule has 0 aliphatic heterocycles. The van der Waals surface area contributed by atoms with E-state index in [-0.39, 0.29) is 18.4 Å². The Balaban J connectivity index is 2.96. The molecule has 0 saturated heterocycles. The van der Waals surface area contributed by atoms with Crippen LogP contribution in [0.1, 0.15) is 13.8 Å². The zero-order valence-corrected chi connectivity index (χ0v) is 14.1. The maximum Gasteiger partial charge on any atom is 0.330 e. The summed E-state index contributed by atoms with van der Waals surface area (Å²) in [7, 11) is -3.64. The van der Waals surface area contributed by atoms with Crippen LogP contribution in [-0.2, 0) is 22.7 Å². The molecule has 1 aromatic rings. The molecule has 20 heavy (non-hydrogen) atoms. The third-order valence-corrected chi connectivity index (χ3v) is 7.65. The normalized spacial score (nSPS) is 15.2. The van der Waals surface area contributed by atoms with E-state index in [1.165, 1.54) is 14.2 Å². The summed E-state index contributed by atoms with van der Waals surface area (Å²) < 4.78 is 40.5. The average Bonchev–Trinajstić information content (AvgIpc) is 2.45. The third kappa shape index (κ3) is 4.83. The maximum absolute atomic E-state index is 13.0. The van der Waals surface area contributed by atoms with E-state index in [1.54, 1.807) is 24.3 Å². The fourth-order valence-corrected chi connectivity index (χ4v) is 6.09. The first-order chi connectivity index (χ1) is 9.35. The monoisotopic (exact) mass is 320 g/mol. The minimum Gasteiger partial charge on any atom is -0.322 e. The van der Waals surface area contributed by atoms with E-state index in [1.807, 2.05) is 19.9 Å². The van der Waals surface area contributed by atoms with Crippen molar-refractivity contribution in [1.82, 2.24) is 0 Å². The van der Waals surface area contributed by atoms with Crippen LogP contribution < -0.4 is 5.30 Å². The Morgan fingerprint density at radius 1 is 1.00 bits per heavy atom. The van der Waals surface area contributed by atoms with Crippen LogP contribution in [0.3, 0.4) is 0 Å². The Kier molecular flexibility index (Phi) is 6.63. The lowest BCUT2D eigenvalue weighted by Crippen LogP contribution is -2.16. The van der Waals surface area contributed by atoms with Gasteiger partial charge < -0.3 is 13.6 Å². The van der Waals surface area contributed by atoms with Crippen molar-refractivity contribution in [2.45, 2.75) is 20.0 Å². The molecule has 0 spiro atoms. The molecule has 0 bridgehead atoms. The highest BCUT2D eigenvalue weighted by molar-refractivity contribution is 7.68. The molecule has 7 heteroatoms. The molecule has 114 valence electrons. The van der Waals surface area contributed by atoms with Gasteiger partial charge in [-0.1, -0.05) is 18.2 Å². The van der Waals surface area contributed by atoms with Gasteiger partial charge in [0.2, 0.25) is 7.37 Å². The van der Waals surface area contributed by atoms with Gasteiger partial charge in [-0.25, -0.2) is 0 Å². The number of hydrogen-bond acceptors (Lipinski definition) is 5. The summed E-state index contributed by atoms with van der Waals surface area (Å²) in [6, 6.07) is 8.97. The molecular weight excluding hydrogens is 298 g/mol. The van der Waals surface area contributed by atoms with Crippen LogP contribution in [0.2, 0.25) is 0 Å². The second-order valence-corrected chi connectivity index (χ2v) is 9.51. The van der Waals surface area contributed by atoms with Crippen LogP contribution in [0.5, 0.6) is 0 Å². The molecule has 0 aliphatic carbocycles. The van der Waals surface area contributed by atoms with Gasteiger partial charge in [-0.15, -0.1) is 0 Å². The van der Waals surface area contributed by atoms with Crippen molar-refractivity contribution >= 4 is 20.3 Å². The molecule has 0 aromatic heterocycles. The predicted octanol–water partition coefficient (Wildman–Crippen LogP) is 3.50. The average molecular weight is 320 g/mol. The molecule has 5 nitrogen and oxygen atoms in total. The predicted molar refractivity (Wildman–Crippen MR) is 81.3 cm³/mol.